The number of nitrogens with zero attached hydrogens (tertiary/aromatic N) is 2. The number of unbranched alkanes of at least 4 members (excludes halogenated alkanes) is 2. The SMILES string of the molecule is CCCCN(C(=S)NC[C@@H]1CCCO1)c1c(N)n(CCCC)c(=O)[nH]c1=O. The zero-order valence-electron chi connectivity index (χ0n) is 16.3. The summed E-state index contributed by atoms with van der Waals surface area (Å²) < 4.78 is 7.04. The van der Waals surface area contributed by atoms with E-state index in [2.05, 4.69) is 17.2 Å². The molecule has 152 valence electrons. The fourth-order valence-corrected chi connectivity index (χ4v) is 3.38. The van der Waals surface area contributed by atoms with Crippen LogP contribution in [0.1, 0.15) is 52.4 Å². The van der Waals surface area contributed by atoms with Crippen LogP contribution in [0.4, 0.5) is 11.5 Å². The molecule has 1 fully saturated rings. The molecule has 2 rings (SSSR count). The van der Waals surface area contributed by atoms with Gasteiger partial charge in [0.15, 0.2) is 10.8 Å². The third kappa shape index (κ3) is 5.55. The summed E-state index contributed by atoms with van der Waals surface area (Å²) in [7, 11) is 0. The number of nitrogens with one attached hydrogen (secondary N) is 2. The monoisotopic (exact) mass is 397 g/mol. The third-order valence-electron chi connectivity index (χ3n) is 4.70. The Balaban J connectivity index is 2.29. The normalized spacial score (nSPS) is 16.4. The molecule has 9 heteroatoms. The molecule has 0 bridgehead atoms. The van der Waals surface area contributed by atoms with Gasteiger partial charge in [0.25, 0.3) is 5.56 Å². The maximum absolute atomic E-state index is 12.6. The summed E-state index contributed by atoms with van der Waals surface area (Å²) >= 11 is 5.55. The van der Waals surface area contributed by atoms with E-state index in [0.717, 1.165) is 45.1 Å². The number of aromatic nitrogens is 2. The number of nitrogen functional groups attached to an aromatic ring is 1. The number of ether oxygens (including phenoxy) is 1. The van der Waals surface area contributed by atoms with Gasteiger partial charge in [-0.1, -0.05) is 26.7 Å². The van der Waals surface area contributed by atoms with Crippen LogP contribution in [-0.4, -0.2) is 40.5 Å². The summed E-state index contributed by atoms with van der Waals surface area (Å²) in [4.78, 5) is 28.8. The van der Waals surface area contributed by atoms with Crippen LogP contribution in [0.25, 0.3) is 0 Å². The van der Waals surface area contributed by atoms with E-state index < -0.39 is 11.2 Å². The minimum Gasteiger partial charge on any atom is -0.383 e. The van der Waals surface area contributed by atoms with Crippen molar-refractivity contribution in [3.63, 3.8) is 0 Å². The van der Waals surface area contributed by atoms with Gasteiger partial charge in [0, 0.05) is 26.2 Å². The van der Waals surface area contributed by atoms with Crippen molar-refractivity contribution in [3.05, 3.63) is 20.8 Å². The largest absolute Gasteiger partial charge is 0.383 e. The Morgan fingerprint density at radius 2 is 2.11 bits per heavy atom. The lowest BCUT2D eigenvalue weighted by atomic mass is 10.2. The van der Waals surface area contributed by atoms with Crippen molar-refractivity contribution < 1.29 is 4.74 Å². The zero-order valence-corrected chi connectivity index (χ0v) is 17.1. The molecule has 1 aliphatic heterocycles. The maximum atomic E-state index is 12.6. The van der Waals surface area contributed by atoms with E-state index >= 15 is 0 Å². The molecule has 1 saturated heterocycles. The number of rotatable bonds is 9. The summed E-state index contributed by atoms with van der Waals surface area (Å²) in [6, 6.07) is 0. The summed E-state index contributed by atoms with van der Waals surface area (Å²) in [6.45, 7) is 6.47. The van der Waals surface area contributed by atoms with Crippen molar-refractivity contribution in [2.45, 2.75) is 65.0 Å². The van der Waals surface area contributed by atoms with E-state index in [1.54, 1.807) is 4.90 Å². The first-order valence-corrected chi connectivity index (χ1v) is 10.2. The van der Waals surface area contributed by atoms with Crippen molar-refractivity contribution in [3.8, 4) is 0 Å². The summed E-state index contributed by atoms with van der Waals surface area (Å²) in [5.41, 5.74) is 5.49. The van der Waals surface area contributed by atoms with Crippen LogP contribution in [0, 0.1) is 0 Å². The second-order valence-corrected chi connectivity index (χ2v) is 7.21. The predicted octanol–water partition coefficient (Wildman–Crippen LogP) is 1.58. The highest BCUT2D eigenvalue weighted by molar-refractivity contribution is 7.80. The lowest BCUT2D eigenvalue weighted by Gasteiger charge is -2.27. The molecule has 2 heterocycles. The van der Waals surface area contributed by atoms with Crippen molar-refractivity contribution in [2.24, 2.45) is 0 Å². The van der Waals surface area contributed by atoms with Crippen molar-refractivity contribution in [1.29, 1.82) is 0 Å². The molecule has 0 radical (unpaired) electrons. The van der Waals surface area contributed by atoms with Crippen molar-refractivity contribution in [1.82, 2.24) is 14.9 Å². The van der Waals surface area contributed by atoms with Gasteiger partial charge >= 0.3 is 5.69 Å². The minimum atomic E-state index is -0.511. The quantitative estimate of drug-likeness (QED) is 0.543. The highest BCUT2D eigenvalue weighted by Crippen LogP contribution is 2.18. The van der Waals surface area contributed by atoms with E-state index in [0.29, 0.717) is 24.7 Å². The number of nitrogens with two attached hydrogens (primary N) is 1. The van der Waals surface area contributed by atoms with Gasteiger partial charge in [0.05, 0.1) is 6.10 Å². The molecule has 0 saturated carbocycles. The van der Waals surface area contributed by atoms with Gasteiger partial charge in [-0.15, -0.1) is 0 Å². The summed E-state index contributed by atoms with van der Waals surface area (Å²) in [5.74, 6) is 0.162. The Bertz CT molecular complexity index is 739. The van der Waals surface area contributed by atoms with Gasteiger partial charge < -0.3 is 20.7 Å². The minimum absolute atomic E-state index is 0.130. The van der Waals surface area contributed by atoms with Gasteiger partial charge in [0.2, 0.25) is 0 Å². The van der Waals surface area contributed by atoms with E-state index in [4.69, 9.17) is 22.7 Å². The van der Waals surface area contributed by atoms with E-state index in [1.807, 2.05) is 6.92 Å². The van der Waals surface area contributed by atoms with Crippen LogP contribution in [-0.2, 0) is 11.3 Å². The second-order valence-electron chi connectivity index (χ2n) is 6.82. The molecule has 0 aliphatic carbocycles. The molecule has 1 aromatic rings. The summed E-state index contributed by atoms with van der Waals surface area (Å²) in [6.07, 6.45) is 5.67. The second kappa shape index (κ2) is 10.5. The topological polar surface area (TPSA) is 105 Å². The van der Waals surface area contributed by atoms with E-state index in [1.165, 1.54) is 4.57 Å². The first kappa shape index (κ1) is 21.4. The average Bonchev–Trinajstić information content (AvgIpc) is 3.15. The number of hydrogen-bond donors (Lipinski definition) is 3. The lowest BCUT2D eigenvalue weighted by molar-refractivity contribution is 0.114. The van der Waals surface area contributed by atoms with Crippen LogP contribution < -0.4 is 27.2 Å². The zero-order chi connectivity index (χ0) is 19.8. The molecule has 0 amide bonds. The number of aromatic amines is 1. The number of H-pyrrole nitrogens is 1. The number of anilines is 2. The van der Waals surface area contributed by atoms with Gasteiger partial charge in [-0.25, -0.2) is 4.79 Å². The van der Waals surface area contributed by atoms with Gasteiger partial charge in [-0.2, -0.15) is 0 Å². The molecule has 1 atom stereocenters. The molecule has 4 N–H and O–H groups in total. The first-order chi connectivity index (χ1) is 13.0. The predicted molar refractivity (Wildman–Crippen MR) is 112 cm³/mol. The average molecular weight is 398 g/mol. The Kier molecular flexibility index (Phi) is 8.30. The van der Waals surface area contributed by atoms with E-state index in [-0.39, 0.29) is 17.6 Å². The lowest BCUT2D eigenvalue weighted by Crippen LogP contribution is -2.47. The molecule has 1 aromatic heterocycles. The van der Waals surface area contributed by atoms with Gasteiger partial charge in [-0.3, -0.25) is 14.3 Å². The molecule has 0 aromatic carbocycles. The molecule has 0 unspecified atom stereocenters. The molecule has 0 spiro atoms. The fourth-order valence-electron chi connectivity index (χ4n) is 3.11. The Morgan fingerprint density at radius 1 is 1.37 bits per heavy atom. The third-order valence-corrected chi connectivity index (χ3v) is 5.07. The van der Waals surface area contributed by atoms with Gasteiger partial charge in [-0.05, 0) is 37.9 Å². The molecule has 27 heavy (non-hydrogen) atoms. The number of hydrogen-bond acceptors (Lipinski definition) is 5. The standard InChI is InChI=1S/C18H31N5O3S/c1-3-5-9-22(18(27)20-12-13-8-7-11-26-13)14-15(19)23(10-6-4-2)17(25)21-16(14)24/h13H,3-12,19H2,1-2H3,(H,20,27)(H,21,24,25)/t13-/m0/s1. The summed E-state index contributed by atoms with van der Waals surface area (Å²) in [5, 5.41) is 3.63. The Hall–Kier alpha value is -1.87. The molecule has 8 nitrogen and oxygen atoms in total. The highest BCUT2D eigenvalue weighted by Gasteiger charge is 2.23. The fraction of sp³-hybridized carbons (Fsp3) is 0.722. The van der Waals surface area contributed by atoms with Crippen molar-refractivity contribution >= 4 is 28.8 Å². The highest BCUT2D eigenvalue weighted by atomic mass is 32.1. The number of thiocarbonyl (C=S) groups is 1. The van der Waals surface area contributed by atoms with Crippen LogP contribution >= 0.6 is 12.2 Å². The first-order valence-electron chi connectivity index (χ1n) is 9.79. The van der Waals surface area contributed by atoms with Crippen LogP contribution in [0.3, 0.4) is 0 Å². The Labute approximate surface area is 165 Å². The molecule has 1 aliphatic rings. The smallest absolute Gasteiger partial charge is 0.330 e. The Morgan fingerprint density at radius 3 is 2.74 bits per heavy atom. The molecular formula is C18H31N5O3S. The van der Waals surface area contributed by atoms with E-state index in [9.17, 15) is 9.59 Å². The van der Waals surface area contributed by atoms with Crippen LogP contribution in [0.2, 0.25) is 0 Å². The maximum Gasteiger partial charge on any atom is 0.330 e. The van der Waals surface area contributed by atoms with Gasteiger partial charge in [0.1, 0.15) is 5.82 Å². The van der Waals surface area contributed by atoms with Crippen LogP contribution in [0.15, 0.2) is 9.59 Å². The van der Waals surface area contributed by atoms with Crippen LogP contribution in [0.5, 0.6) is 0 Å². The van der Waals surface area contributed by atoms with Crippen molar-refractivity contribution in [2.75, 3.05) is 30.3 Å². The molecular weight excluding hydrogens is 366 g/mol.